The monoisotopic (exact) mass is 234 g/mol. The molecular formula is C9H15ClN2O3. The highest BCUT2D eigenvalue weighted by atomic mass is 35.5. The summed E-state index contributed by atoms with van der Waals surface area (Å²) in [7, 11) is 0. The average Bonchev–Trinajstić information content (AvgIpc) is 2.19. The van der Waals surface area contributed by atoms with E-state index in [0.29, 0.717) is 13.2 Å². The number of alkyl halides is 1. The van der Waals surface area contributed by atoms with Gasteiger partial charge in [0, 0.05) is 31.6 Å². The number of nitrogens with one attached hydrogen (secondary N) is 2. The highest BCUT2D eigenvalue weighted by Crippen LogP contribution is 2.05. The molecule has 0 aromatic carbocycles. The van der Waals surface area contributed by atoms with Crippen LogP contribution in [-0.2, 0) is 9.53 Å². The lowest BCUT2D eigenvalue weighted by Gasteiger charge is -2.22. The summed E-state index contributed by atoms with van der Waals surface area (Å²) in [6.45, 7) is 1.31. The van der Waals surface area contributed by atoms with E-state index in [1.807, 2.05) is 0 Å². The van der Waals surface area contributed by atoms with Gasteiger partial charge in [0.1, 0.15) is 0 Å². The lowest BCUT2D eigenvalue weighted by Crippen LogP contribution is -2.46. The van der Waals surface area contributed by atoms with Gasteiger partial charge in [-0.25, -0.2) is 4.79 Å². The summed E-state index contributed by atoms with van der Waals surface area (Å²) in [5.74, 6) is -0.134. The molecule has 1 fully saturated rings. The Morgan fingerprint density at radius 2 is 2.00 bits per heavy atom. The minimum Gasteiger partial charge on any atom is -0.381 e. The van der Waals surface area contributed by atoms with E-state index in [2.05, 4.69) is 10.6 Å². The molecule has 15 heavy (non-hydrogen) atoms. The molecule has 0 saturated carbocycles. The van der Waals surface area contributed by atoms with Gasteiger partial charge < -0.3 is 10.1 Å². The quantitative estimate of drug-likeness (QED) is 0.704. The van der Waals surface area contributed by atoms with Gasteiger partial charge in [-0.15, -0.1) is 11.6 Å². The molecule has 86 valence electrons. The molecule has 1 aliphatic rings. The van der Waals surface area contributed by atoms with Gasteiger partial charge >= 0.3 is 6.03 Å². The first-order valence-corrected chi connectivity index (χ1v) is 5.50. The smallest absolute Gasteiger partial charge is 0.321 e. The summed E-state index contributed by atoms with van der Waals surface area (Å²) in [5, 5.41) is 4.93. The number of ether oxygens (including phenoxy) is 1. The Kier molecular flexibility index (Phi) is 5.42. The number of imide groups is 1. The zero-order valence-electron chi connectivity index (χ0n) is 8.42. The molecular weight excluding hydrogens is 220 g/mol. The van der Waals surface area contributed by atoms with Gasteiger partial charge in [0.2, 0.25) is 5.91 Å². The van der Waals surface area contributed by atoms with Crippen LogP contribution in [-0.4, -0.2) is 37.1 Å². The molecule has 6 heteroatoms. The Morgan fingerprint density at radius 3 is 2.60 bits per heavy atom. The normalized spacial score (nSPS) is 17.1. The Labute approximate surface area is 93.5 Å². The number of hydrogen-bond donors (Lipinski definition) is 2. The van der Waals surface area contributed by atoms with Crippen LogP contribution in [0.2, 0.25) is 0 Å². The average molecular weight is 235 g/mol. The summed E-state index contributed by atoms with van der Waals surface area (Å²) < 4.78 is 5.14. The van der Waals surface area contributed by atoms with Crippen molar-refractivity contribution in [3.63, 3.8) is 0 Å². The summed E-state index contributed by atoms with van der Waals surface area (Å²) in [6, 6.07) is -0.348. The second-order valence-electron chi connectivity index (χ2n) is 3.35. The van der Waals surface area contributed by atoms with Crippen LogP contribution in [0.1, 0.15) is 19.3 Å². The second kappa shape index (κ2) is 6.63. The number of urea groups is 1. The van der Waals surface area contributed by atoms with Gasteiger partial charge in [0.25, 0.3) is 0 Å². The van der Waals surface area contributed by atoms with Crippen LogP contribution in [0.5, 0.6) is 0 Å². The van der Waals surface area contributed by atoms with Crippen molar-refractivity contribution in [1.29, 1.82) is 0 Å². The Morgan fingerprint density at radius 1 is 1.33 bits per heavy atom. The molecule has 1 rings (SSSR count). The van der Waals surface area contributed by atoms with Crippen molar-refractivity contribution in [3.8, 4) is 0 Å². The van der Waals surface area contributed by atoms with E-state index in [4.69, 9.17) is 16.3 Å². The van der Waals surface area contributed by atoms with Gasteiger partial charge in [-0.1, -0.05) is 0 Å². The van der Waals surface area contributed by atoms with Gasteiger partial charge in [-0.05, 0) is 12.8 Å². The van der Waals surface area contributed by atoms with E-state index in [0.717, 1.165) is 12.8 Å². The van der Waals surface area contributed by atoms with E-state index in [9.17, 15) is 9.59 Å². The van der Waals surface area contributed by atoms with Crippen molar-refractivity contribution in [2.75, 3.05) is 19.1 Å². The molecule has 0 atom stereocenters. The predicted octanol–water partition coefficient (Wildman–Crippen LogP) is 0.620. The van der Waals surface area contributed by atoms with E-state index in [1.54, 1.807) is 0 Å². The SMILES string of the molecule is O=C(CCCl)NC(=O)NC1CCOCC1. The third-order valence-electron chi connectivity index (χ3n) is 2.13. The Balaban J connectivity index is 2.19. The molecule has 1 saturated heterocycles. The van der Waals surface area contributed by atoms with Crippen molar-refractivity contribution < 1.29 is 14.3 Å². The predicted molar refractivity (Wildman–Crippen MR) is 55.9 cm³/mol. The van der Waals surface area contributed by atoms with Crippen LogP contribution < -0.4 is 10.6 Å². The first kappa shape index (κ1) is 12.3. The number of hydrogen-bond acceptors (Lipinski definition) is 3. The largest absolute Gasteiger partial charge is 0.381 e. The van der Waals surface area contributed by atoms with Crippen molar-refractivity contribution >= 4 is 23.5 Å². The fourth-order valence-electron chi connectivity index (χ4n) is 1.34. The van der Waals surface area contributed by atoms with E-state index in [-0.39, 0.29) is 24.2 Å². The van der Waals surface area contributed by atoms with E-state index >= 15 is 0 Å². The minimum absolute atomic E-state index is 0.0996. The van der Waals surface area contributed by atoms with Crippen molar-refractivity contribution in [1.82, 2.24) is 10.6 Å². The molecule has 1 aliphatic heterocycles. The molecule has 0 aliphatic carbocycles. The first-order chi connectivity index (χ1) is 7.22. The van der Waals surface area contributed by atoms with Crippen LogP contribution >= 0.6 is 11.6 Å². The van der Waals surface area contributed by atoms with Crippen LogP contribution in [0.15, 0.2) is 0 Å². The minimum atomic E-state index is -0.447. The van der Waals surface area contributed by atoms with E-state index < -0.39 is 6.03 Å². The highest BCUT2D eigenvalue weighted by Gasteiger charge is 2.16. The molecule has 0 unspecified atom stereocenters. The molecule has 3 amide bonds. The second-order valence-corrected chi connectivity index (χ2v) is 3.73. The Hall–Kier alpha value is -0.810. The third kappa shape index (κ3) is 4.99. The standard InChI is InChI=1S/C9H15ClN2O3/c10-4-1-8(13)12-9(14)11-7-2-5-15-6-3-7/h7H,1-6H2,(H2,11,12,13,14). The number of rotatable bonds is 3. The molecule has 0 aromatic rings. The summed E-state index contributed by atoms with van der Waals surface area (Å²) >= 11 is 5.36. The van der Waals surface area contributed by atoms with Gasteiger partial charge in [-0.2, -0.15) is 0 Å². The highest BCUT2D eigenvalue weighted by molar-refractivity contribution is 6.19. The van der Waals surface area contributed by atoms with Crippen LogP contribution in [0.4, 0.5) is 4.79 Å². The van der Waals surface area contributed by atoms with Crippen molar-refractivity contribution in [2.24, 2.45) is 0 Å². The topological polar surface area (TPSA) is 67.4 Å². The van der Waals surface area contributed by atoms with Crippen molar-refractivity contribution in [2.45, 2.75) is 25.3 Å². The summed E-state index contributed by atoms with van der Waals surface area (Å²) in [5.41, 5.74) is 0. The van der Waals surface area contributed by atoms with E-state index in [1.165, 1.54) is 0 Å². The Bertz CT molecular complexity index is 229. The number of amides is 3. The number of carbonyl (C=O) groups excluding carboxylic acids is 2. The molecule has 0 aromatic heterocycles. The van der Waals surface area contributed by atoms with Crippen molar-refractivity contribution in [3.05, 3.63) is 0 Å². The molecule has 0 radical (unpaired) electrons. The maximum absolute atomic E-state index is 11.3. The first-order valence-electron chi connectivity index (χ1n) is 4.96. The molecule has 0 bridgehead atoms. The molecule has 2 N–H and O–H groups in total. The maximum Gasteiger partial charge on any atom is 0.321 e. The fourth-order valence-corrected chi connectivity index (χ4v) is 1.51. The summed E-state index contributed by atoms with van der Waals surface area (Å²) in [4.78, 5) is 22.3. The third-order valence-corrected chi connectivity index (χ3v) is 2.32. The number of carbonyl (C=O) groups is 2. The lowest BCUT2D eigenvalue weighted by atomic mass is 10.1. The summed E-state index contributed by atoms with van der Waals surface area (Å²) in [6.07, 6.45) is 1.73. The zero-order valence-corrected chi connectivity index (χ0v) is 9.18. The van der Waals surface area contributed by atoms with Crippen LogP contribution in [0.25, 0.3) is 0 Å². The lowest BCUT2D eigenvalue weighted by molar-refractivity contribution is -0.119. The number of halogens is 1. The maximum atomic E-state index is 11.3. The zero-order chi connectivity index (χ0) is 11.1. The molecule has 1 heterocycles. The van der Waals surface area contributed by atoms with Gasteiger partial charge in [0.05, 0.1) is 0 Å². The van der Waals surface area contributed by atoms with Gasteiger partial charge in [0.15, 0.2) is 0 Å². The van der Waals surface area contributed by atoms with Gasteiger partial charge in [-0.3, -0.25) is 10.1 Å². The fraction of sp³-hybridized carbons (Fsp3) is 0.778. The molecule has 5 nitrogen and oxygen atoms in total. The van der Waals surface area contributed by atoms with Crippen LogP contribution in [0.3, 0.4) is 0 Å². The van der Waals surface area contributed by atoms with Crippen LogP contribution in [0, 0.1) is 0 Å². The molecule has 0 spiro atoms.